The molecule has 0 aromatic carbocycles. The summed E-state index contributed by atoms with van der Waals surface area (Å²) in [5.74, 6) is -1.03. The Labute approximate surface area is 89.9 Å². The lowest BCUT2D eigenvalue weighted by atomic mass is 9.73. The van der Waals surface area contributed by atoms with Crippen molar-refractivity contribution in [2.75, 3.05) is 6.61 Å². The van der Waals surface area contributed by atoms with Crippen molar-refractivity contribution in [2.45, 2.75) is 46.1 Å². The van der Waals surface area contributed by atoms with E-state index in [0.717, 1.165) is 6.42 Å². The van der Waals surface area contributed by atoms with Crippen molar-refractivity contribution in [3.05, 3.63) is 0 Å². The van der Waals surface area contributed by atoms with Gasteiger partial charge < -0.3 is 9.47 Å². The van der Waals surface area contributed by atoms with Crippen LogP contribution in [0.2, 0.25) is 0 Å². The molecular formula is C11H18O4. The number of carbonyl (C=O) groups is 2. The van der Waals surface area contributed by atoms with E-state index in [-0.39, 0.29) is 0 Å². The Bertz CT molecular complexity index is 258. The Kier molecular flexibility index (Phi) is 3.19. The molecular weight excluding hydrogens is 196 g/mol. The summed E-state index contributed by atoms with van der Waals surface area (Å²) in [6.45, 7) is 7.53. The predicted octanol–water partition coefficient (Wildman–Crippen LogP) is 1.67. The van der Waals surface area contributed by atoms with E-state index in [9.17, 15) is 9.59 Å². The Morgan fingerprint density at radius 2 is 1.80 bits per heavy atom. The molecule has 0 saturated carbocycles. The van der Waals surface area contributed by atoms with Crippen LogP contribution in [-0.4, -0.2) is 24.1 Å². The largest absolute Gasteiger partial charge is 0.390 e. The molecule has 1 aliphatic rings. The van der Waals surface area contributed by atoms with Gasteiger partial charge >= 0.3 is 11.9 Å². The fourth-order valence-electron chi connectivity index (χ4n) is 2.06. The van der Waals surface area contributed by atoms with Crippen LogP contribution in [0.25, 0.3) is 0 Å². The third kappa shape index (κ3) is 1.57. The van der Waals surface area contributed by atoms with E-state index in [1.807, 2.05) is 6.92 Å². The summed E-state index contributed by atoms with van der Waals surface area (Å²) in [5, 5.41) is 0. The maximum absolute atomic E-state index is 11.7. The minimum absolute atomic E-state index is 0.387. The van der Waals surface area contributed by atoms with Crippen molar-refractivity contribution >= 4 is 11.9 Å². The van der Waals surface area contributed by atoms with Crippen LogP contribution in [0, 0.1) is 5.41 Å². The summed E-state index contributed by atoms with van der Waals surface area (Å²) in [6, 6.07) is 0. The maximum atomic E-state index is 11.7. The van der Waals surface area contributed by atoms with Gasteiger partial charge in [0, 0.05) is 6.61 Å². The van der Waals surface area contributed by atoms with Gasteiger partial charge in [0.25, 0.3) is 0 Å². The number of hydrogen-bond donors (Lipinski definition) is 0. The van der Waals surface area contributed by atoms with E-state index < -0.39 is 23.0 Å². The van der Waals surface area contributed by atoms with Gasteiger partial charge in [-0.1, -0.05) is 13.3 Å². The Morgan fingerprint density at radius 3 is 2.27 bits per heavy atom. The summed E-state index contributed by atoms with van der Waals surface area (Å²) < 4.78 is 10.1. The fraction of sp³-hybridized carbons (Fsp3) is 0.818. The highest BCUT2D eigenvalue weighted by Crippen LogP contribution is 2.45. The molecule has 0 spiro atoms. The predicted molar refractivity (Wildman–Crippen MR) is 54.1 cm³/mol. The number of ether oxygens (including phenoxy) is 2. The molecule has 0 amide bonds. The van der Waals surface area contributed by atoms with E-state index in [0.29, 0.717) is 13.0 Å². The van der Waals surface area contributed by atoms with Crippen molar-refractivity contribution in [3.8, 4) is 0 Å². The lowest BCUT2D eigenvalue weighted by molar-refractivity contribution is -0.162. The molecule has 15 heavy (non-hydrogen) atoms. The summed E-state index contributed by atoms with van der Waals surface area (Å²) in [7, 11) is 0. The smallest absolute Gasteiger partial charge is 0.346 e. The van der Waals surface area contributed by atoms with Crippen molar-refractivity contribution < 1.29 is 19.1 Å². The van der Waals surface area contributed by atoms with Gasteiger partial charge in [-0.3, -0.25) is 4.79 Å². The van der Waals surface area contributed by atoms with Crippen LogP contribution in [0.1, 0.15) is 40.5 Å². The quantitative estimate of drug-likeness (QED) is 0.527. The third-order valence-electron chi connectivity index (χ3n) is 3.26. The van der Waals surface area contributed by atoms with Crippen LogP contribution >= 0.6 is 0 Å². The van der Waals surface area contributed by atoms with Crippen LogP contribution in [0.15, 0.2) is 0 Å². The van der Waals surface area contributed by atoms with Gasteiger partial charge in [-0.25, -0.2) is 4.79 Å². The van der Waals surface area contributed by atoms with E-state index >= 15 is 0 Å². The molecule has 2 unspecified atom stereocenters. The maximum Gasteiger partial charge on any atom is 0.346 e. The molecule has 4 nitrogen and oxygen atoms in total. The molecule has 1 heterocycles. The second-order valence-corrected chi connectivity index (χ2v) is 4.23. The average molecular weight is 214 g/mol. The molecule has 4 heteroatoms. The molecule has 0 aromatic rings. The number of esters is 2. The van der Waals surface area contributed by atoms with E-state index in [2.05, 4.69) is 0 Å². The fourth-order valence-corrected chi connectivity index (χ4v) is 2.06. The molecule has 1 fully saturated rings. The number of carbonyl (C=O) groups excluding carboxylic acids is 2. The van der Waals surface area contributed by atoms with Gasteiger partial charge in [0.2, 0.25) is 0 Å². The minimum atomic E-state index is -1.13. The average Bonchev–Trinajstić information content (AvgIpc) is 2.30. The summed E-state index contributed by atoms with van der Waals surface area (Å²) in [5.41, 5.74) is -1.98. The SMILES string of the molecule is CCCC1(C)C(=O)OC(=O)C1(C)OCC. The van der Waals surface area contributed by atoms with Crippen molar-refractivity contribution in [3.63, 3.8) is 0 Å². The van der Waals surface area contributed by atoms with Gasteiger partial charge in [0.1, 0.15) is 5.41 Å². The zero-order valence-electron chi connectivity index (χ0n) is 9.75. The molecule has 1 saturated heterocycles. The molecule has 0 bridgehead atoms. The third-order valence-corrected chi connectivity index (χ3v) is 3.26. The monoisotopic (exact) mass is 214 g/mol. The molecule has 0 aromatic heterocycles. The second kappa shape index (κ2) is 3.93. The number of cyclic esters (lactones) is 2. The highest BCUT2D eigenvalue weighted by Gasteiger charge is 2.63. The first kappa shape index (κ1) is 12.2. The number of rotatable bonds is 4. The Hall–Kier alpha value is -0.900. The van der Waals surface area contributed by atoms with Crippen LogP contribution < -0.4 is 0 Å². The van der Waals surface area contributed by atoms with Crippen molar-refractivity contribution in [1.29, 1.82) is 0 Å². The highest BCUT2D eigenvalue weighted by molar-refractivity contribution is 6.03. The van der Waals surface area contributed by atoms with E-state index in [4.69, 9.17) is 9.47 Å². The lowest BCUT2D eigenvalue weighted by Gasteiger charge is -2.33. The second-order valence-electron chi connectivity index (χ2n) is 4.23. The minimum Gasteiger partial charge on any atom is -0.390 e. The highest BCUT2D eigenvalue weighted by atomic mass is 16.6. The standard InChI is InChI=1S/C11H18O4/c1-5-7-10(3)8(12)15-9(13)11(10,4)14-6-2/h5-7H2,1-4H3. The first-order valence-corrected chi connectivity index (χ1v) is 5.33. The molecule has 0 radical (unpaired) electrons. The summed E-state index contributed by atoms with van der Waals surface area (Å²) in [4.78, 5) is 23.3. The van der Waals surface area contributed by atoms with Crippen LogP contribution in [0.5, 0.6) is 0 Å². The molecule has 0 N–H and O–H groups in total. The van der Waals surface area contributed by atoms with Crippen LogP contribution in [0.4, 0.5) is 0 Å². The molecule has 86 valence electrons. The first-order valence-electron chi connectivity index (χ1n) is 5.33. The molecule has 1 rings (SSSR count). The summed E-state index contributed by atoms with van der Waals surface area (Å²) >= 11 is 0. The topological polar surface area (TPSA) is 52.6 Å². The zero-order valence-corrected chi connectivity index (χ0v) is 9.75. The zero-order chi connectivity index (χ0) is 11.7. The number of hydrogen-bond acceptors (Lipinski definition) is 4. The van der Waals surface area contributed by atoms with Crippen molar-refractivity contribution in [2.24, 2.45) is 5.41 Å². The molecule has 0 aliphatic carbocycles. The lowest BCUT2D eigenvalue weighted by Crippen LogP contribution is -2.49. The Balaban J connectivity index is 3.09. The molecule has 2 atom stereocenters. The van der Waals surface area contributed by atoms with Gasteiger partial charge in [-0.2, -0.15) is 0 Å². The van der Waals surface area contributed by atoms with Gasteiger partial charge in [0.05, 0.1) is 0 Å². The van der Waals surface area contributed by atoms with Gasteiger partial charge in [-0.15, -0.1) is 0 Å². The summed E-state index contributed by atoms with van der Waals surface area (Å²) in [6.07, 6.45) is 1.40. The first-order chi connectivity index (χ1) is 6.92. The van der Waals surface area contributed by atoms with Crippen LogP contribution in [0.3, 0.4) is 0 Å². The van der Waals surface area contributed by atoms with Crippen molar-refractivity contribution in [1.82, 2.24) is 0 Å². The Morgan fingerprint density at radius 1 is 1.20 bits per heavy atom. The van der Waals surface area contributed by atoms with Gasteiger partial charge in [0.15, 0.2) is 5.60 Å². The van der Waals surface area contributed by atoms with Crippen LogP contribution in [-0.2, 0) is 19.1 Å². The van der Waals surface area contributed by atoms with E-state index in [1.54, 1.807) is 20.8 Å². The van der Waals surface area contributed by atoms with Gasteiger partial charge in [-0.05, 0) is 27.2 Å². The van der Waals surface area contributed by atoms with E-state index in [1.165, 1.54) is 0 Å². The molecule has 1 aliphatic heterocycles. The normalized spacial score (nSPS) is 35.7.